The van der Waals surface area contributed by atoms with E-state index in [4.69, 9.17) is 25.8 Å². The maximum Gasteiger partial charge on any atom is 0.329 e. The normalized spacial score (nSPS) is 28.3. The summed E-state index contributed by atoms with van der Waals surface area (Å²) in [5, 5.41) is 14.7. The molecule has 0 radical (unpaired) electrons. The number of halogens is 1. The molecule has 57 heavy (non-hydrogen) atoms. The molecule has 0 bridgehead atoms. The number of aliphatic carboxylic acids is 1. The summed E-state index contributed by atoms with van der Waals surface area (Å²) in [6.45, 7) is 10.8. The van der Waals surface area contributed by atoms with Crippen LogP contribution >= 0.6 is 11.6 Å². The van der Waals surface area contributed by atoms with Crippen LogP contribution in [-0.4, -0.2) is 89.9 Å². The highest BCUT2D eigenvalue weighted by Crippen LogP contribution is 2.58. The lowest BCUT2D eigenvalue weighted by Crippen LogP contribution is -2.53. The molecule has 3 aliphatic carbocycles. The second-order valence-electron chi connectivity index (χ2n) is 17.9. The van der Waals surface area contributed by atoms with Crippen LogP contribution < -0.4 is 19.5 Å². The predicted octanol–water partition coefficient (Wildman–Crippen LogP) is 8.14. The quantitative estimate of drug-likeness (QED) is 0.177. The average molecular weight is 799 g/mol. The molecular formula is C46H59ClN4O6. The van der Waals surface area contributed by atoms with E-state index in [1.54, 1.807) is 12.1 Å². The van der Waals surface area contributed by atoms with Crippen molar-refractivity contribution in [2.24, 2.45) is 17.8 Å². The zero-order valence-corrected chi connectivity index (χ0v) is 34.8. The van der Waals surface area contributed by atoms with E-state index in [1.807, 2.05) is 36.2 Å². The molecule has 1 amide bonds. The minimum Gasteiger partial charge on any atom is -0.493 e. The molecule has 306 valence electrons. The molecular weight excluding hydrogens is 740 g/mol. The van der Waals surface area contributed by atoms with Crippen LogP contribution in [0.15, 0.2) is 48.7 Å². The van der Waals surface area contributed by atoms with Gasteiger partial charge in [-0.15, -0.1) is 0 Å². The van der Waals surface area contributed by atoms with Crippen LogP contribution in [0.4, 0.5) is 5.69 Å². The van der Waals surface area contributed by atoms with Gasteiger partial charge in [0.1, 0.15) is 24.0 Å². The SMILES string of the molecule is CCN1CC(CN(C)CC2COc3cc4c(cc3O2)C2(CCC(Nc3cccc(Cl)c3)(C(=O)O)CC2)C(C[C@@H](C)COc2ccnc3c2[C@H](C)CCC3)C4)CC1=O. The summed E-state index contributed by atoms with van der Waals surface area (Å²) >= 11 is 6.33. The largest absolute Gasteiger partial charge is 0.493 e. The van der Waals surface area contributed by atoms with Gasteiger partial charge in [0.2, 0.25) is 5.91 Å². The van der Waals surface area contributed by atoms with Crippen molar-refractivity contribution in [2.75, 3.05) is 51.8 Å². The number of likely N-dealkylation sites (tertiary alicyclic amines) is 1. The van der Waals surface area contributed by atoms with Crippen molar-refractivity contribution >= 4 is 29.2 Å². The maximum atomic E-state index is 13.1. The Morgan fingerprint density at radius 1 is 1.14 bits per heavy atom. The Labute approximate surface area is 342 Å². The number of carboxylic acid groups (broad SMARTS) is 1. The third-order valence-corrected chi connectivity index (χ3v) is 14.1. The van der Waals surface area contributed by atoms with Crippen molar-refractivity contribution in [3.8, 4) is 17.2 Å². The van der Waals surface area contributed by atoms with Gasteiger partial charge >= 0.3 is 5.97 Å². The van der Waals surface area contributed by atoms with Gasteiger partial charge in [0.15, 0.2) is 11.5 Å². The number of hydrogen-bond donors (Lipinski definition) is 2. The molecule has 3 unspecified atom stereocenters. The Hall–Kier alpha value is -4.02. The second kappa shape index (κ2) is 16.3. The van der Waals surface area contributed by atoms with E-state index in [0.29, 0.717) is 61.8 Å². The van der Waals surface area contributed by atoms with Gasteiger partial charge in [0, 0.05) is 60.8 Å². The maximum absolute atomic E-state index is 13.1. The van der Waals surface area contributed by atoms with Gasteiger partial charge in [0.05, 0.1) is 6.61 Å². The topological polar surface area (TPSA) is 113 Å². The van der Waals surface area contributed by atoms with E-state index in [1.165, 1.54) is 28.8 Å². The molecule has 10 nitrogen and oxygen atoms in total. The molecule has 1 saturated heterocycles. The first-order valence-electron chi connectivity index (χ1n) is 21.3. The molecule has 5 atom stereocenters. The summed E-state index contributed by atoms with van der Waals surface area (Å²) in [5.41, 5.74) is 4.41. The van der Waals surface area contributed by atoms with E-state index in [0.717, 1.165) is 81.1 Å². The molecule has 3 aromatic rings. The fourth-order valence-corrected chi connectivity index (χ4v) is 11.1. The lowest BCUT2D eigenvalue weighted by Gasteiger charge is -2.47. The molecule has 11 heteroatoms. The molecule has 2 fully saturated rings. The first-order chi connectivity index (χ1) is 27.4. The summed E-state index contributed by atoms with van der Waals surface area (Å²) in [4.78, 5) is 34.4. The van der Waals surface area contributed by atoms with Crippen molar-refractivity contribution in [1.29, 1.82) is 0 Å². The summed E-state index contributed by atoms with van der Waals surface area (Å²) < 4.78 is 19.8. The van der Waals surface area contributed by atoms with E-state index in [2.05, 4.69) is 48.2 Å². The average Bonchev–Trinajstić information content (AvgIpc) is 3.68. The van der Waals surface area contributed by atoms with Gasteiger partial charge in [-0.2, -0.15) is 0 Å². The predicted molar refractivity (Wildman–Crippen MR) is 222 cm³/mol. The van der Waals surface area contributed by atoms with Gasteiger partial charge in [-0.1, -0.05) is 31.5 Å². The van der Waals surface area contributed by atoms with Crippen molar-refractivity contribution < 1.29 is 28.9 Å². The van der Waals surface area contributed by atoms with E-state index in [-0.39, 0.29) is 23.3 Å². The molecule has 2 aromatic carbocycles. The van der Waals surface area contributed by atoms with Gasteiger partial charge in [-0.25, -0.2) is 4.79 Å². The number of nitrogens with one attached hydrogen (secondary N) is 1. The zero-order chi connectivity index (χ0) is 39.9. The van der Waals surface area contributed by atoms with Crippen LogP contribution in [0.3, 0.4) is 0 Å². The minimum atomic E-state index is -1.10. The molecule has 1 saturated carbocycles. The van der Waals surface area contributed by atoms with Crippen LogP contribution in [0, 0.1) is 17.8 Å². The lowest BCUT2D eigenvalue weighted by atomic mass is 9.59. The number of aromatic nitrogens is 1. The smallest absolute Gasteiger partial charge is 0.329 e. The Kier molecular flexibility index (Phi) is 11.4. The summed E-state index contributed by atoms with van der Waals surface area (Å²) in [6, 6.07) is 13.8. The third-order valence-electron chi connectivity index (χ3n) is 13.8. The Bertz CT molecular complexity index is 1960. The third kappa shape index (κ3) is 8.05. The summed E-state index contributed by atoms with van der Waals surface area (Å²) in [5.74, 6) is 3.29. The monoisotopic (exact) mass is 798 g/mol. The van der Waals surface area contributed by atoms with Crippen molar-refractivity contribution in [3.63, 3.8) is 0 Å². The van der Waals surface area contributed by atoms with Crippen molar-refractivity contribution in [3.05, 3.63) is 76.1 Å². The number of fused-ring (bicyclic) bond motifs is 4. The zero-order valence-electron chi connectivity index (χ0n) is 34.0. The number of likely N-dealkylation sites (N-methyl/N-ethyl adjacent to an activating group) is 1. The molecule has 1 spiro atoms. The van der Waals surface area contributed by atoms with Crippen LogP contribution in [0.5, 0.6) is 17.2 Å². The number of rotatable bonds is 13. The van der Waals surface area contributed by atoms with E-state index in [9.17, 15) is 14.7 Å². The summed E-state index contributed by atoms with van der Waals surface area (Å²) in [7, 11) is 2.10. The van der Waals surface area contributed by atoms with E-state index >= 15 is 0 Å². The van der Waals surface area contributed by atoms with Crippen LogP contribution in [0.2, 0.25) is 5.02 Å². The highest BCUT2D eigenvalue weighted by atomic mass is 35.5. The van der Waals surface area contributed by atoms with Crippen molar-refractivity contribution in [1.82, 2.24) is 14.8 Å². The molecule has 8 rings (SSSR count). The molecule has 2 N–H and O–H groups in total. The Balaban J connectivity index is 1.02. The number of hydrogen-bond acceptors (Lipinski definition) is 8. The fraction of sp³-hybridized carbons (Fsp3) is 0.587. The number of benzene rings is 2. The molecule has 1 aromatic heterocycles. The number of amides is 1. The number of carbonyl (C=O) groups excluding carboxylic acids is 1. The van der Waals surface area contributed by atoms with Crippen LogP contribution in [0.25, 0.3) is 0 Å². The highest BCUT2D eigenvalue weighted by molar-refractivity contribution is 6.30. The van der Waals surface area contributed by atoms with Crippen LogP contribution in [-0.2, 0) is 27.8 Å². The molecule has 2 aliphatic heterocycles. The van der Waals surface area contributed by atoms with Crippen molar-refractivity contribution in [2.45, 2.75) is 108 Å². The van der Waals surface area contributed by atoms with Gasteiger partial charge < -0.3 is 34.4 Å². The number of carbonyl (C=O) groups is 2. The number of pyridine rings is 1. The molecule has 3 heterocycles. The first kappa shape index (κ1) is 39.8. The number of aryl methyl sites for hydroxylation is 1. The number of ether oxygens (including phenoxy) is 3. The minimum absolute atomic E-state index is 0.139. The lowest BCUT2D eigenvalue weighted by molar-refractivity contribution is -0.144. The number of anilines is 1. The number of nitrogens with zero attached hydrogens (tertiary/aromatic N) is 3. The summed E-state index contributed by atoms with van der Waals surface area (Å²) in [6.07, 6.45) is 9.98. The fourth-order valence-electron chi connectivity index (χ4n) is 10.9. The molecule has 5 aliphatic rings. The van der Waals surface area contributed by atoms with Gasteiger partial charge in [-0.3, -0.25) is 9.78 Å². The van der Waals surface area contributed by atoms with Gasteiger partial charge in [0.25, 0.3) is 0 Å². The number of carboxylic acids is 1. The highest BCUT2D eigenvalue weighted by Gasteiger charge is 2.54. The van der Waals surface area contributed by atoms with E-state index < -0.39 is 11.5 Å². The van der Waals surface area contributed by atoms with Crippen LogP contribution in [0.1, 0.15) is 100 Å². The first-order valence-corrected chi connectivity index (χ1v) is 21.6. The second-order valence-corrected chi connectivity index (χ2v) is 18.4. The Morgan fingerprint density at radius 2 is 1.96 bits per heavy atom. The Morgan fingerprint density at radius 3 is 2.72 bits per heavy atom. The van der Waals surface area contributed by atoms with Gasteiger partial charge in [-0.05, 0) is 148 Å². The standard InChI is InChI=1S/C46H59ClN4O6/c1-5-51-25-31(19-42(51)52)24-50(4)26-36-28-56-40-21-32-20-33(18-29(2)27-55-39-12-17-48-38-11-6-8-30(3)43(38)39)45(37(32)23-41(40)57-36)13-15-46(16-14-45,44(53)54)49-35-10-7-9-34(47)22-35/h7,9-10,12,17,21-23,29-31,33,36,49H,5-6,8,11,13-16,18-20,24-28H2,1-4H3,(H,53,54)/t29-,30-,31?,33?,36?,45?,46?/m1/s1.